The van der Waals surface area contributed by atoms with Crippen LogP contribution < -0.4 is 66.3 Å². The Morgan fingerprint density at radius 2 is 1.74 bits per heavy atom. The van der Waals surface area contributed by atoms with Crippen LogP contribution in [-0.2, 0) is 0 Å². The molecule has 1 rings (SSSR count). The first-order valence-electron chi connectivity index (χ1n) is 4.71. The summed E-state index contributed by atoms with van der Waals surface area (Å²) in [5.74, 6) is -0.968. The molecule has 1 aromatic carbocycles. The van der Waals surface area contributed by atoms with Gasteiger partial charge in [0.05, 0.1) is 12.9 Å². The maximum atomic E-state index is 12.6. The van der Waals surface area contributed by atoms with Crippen molar-refractivity contribution < 1.29 is 87.0 Å². The van der Waals surface area contributed by atoms with Crippen LogP contribution in [0.1, 0.15) is 0 Å². The monoisotopic (exact) mass is 312 g/mol. The van der Waals surface area contributed by atoms with Gasteiger partial charge in [0, 0.05) is 0 Å². The Hall–Kier alpha value is 0.101. The molecule has 0 heterocycles. The molecule has 2 nitrogen and oxygen atoms in total. The van der Waals surface area contributed by atoms with Crippen LogP contribution in [0.15, 0.2) is 18.2 Å². The van der Waals surface area contributed by atoms with Crippen molar-refractivity contribution in [2.24, 2.45) is 0 Å². The van der Waals surface area contributed by atoms with E-state index in [4.69, 9.17) is 0 Å². The minimum Gasteiger partial charge on any atom is -0.497 e. The molecule has 0 N–H and O–H groups in total. The molecular formula is C9H8BF6KO2. The van der Waals surface area contributed by atoms with E-state index >= 15 is 0 Å². The van der Waals surface area contributed by atoms with E-state index in [-0.39, 0.29) is 57.1 Å². The Labute approximate surface area is 147 Å². The van der Waals surface area contributed by atoms with Gasteiger partial charge in [-0.1, -0.05) is 5.46 Å². The van der Waals surface area contributed by atoms with E-state index < -0.39 is 31.0 Å². The number of hydrogen-bond acceptors (Lipinski definition) is 2. The van der Waals surface area contributed by atoms with E-state index in [1.54, 1.807) is 0 Å². The number of rotatable bonds is 4. The molecular weight excluding hydrogens is 304 g/mol. The second kappa shape index (κ2) is 7.21. The summed E-state index contributed by atoms with van der Waals surface area (Å²) in [6.07, 6.45) is -4.70. The number of methoxy groups -OCH3 is 1. The van der Waals surface area contributed by atoms with Gasteiger partial charge in [-0.2, -0.15) is 13.2 Å². The molecule has 0 amide bonds. The van der Waals surface area contributed by atoms with Crippen molar-refractivity contribution in [2.75, 3.05) is 13.7 Å². The number of hydrogen-bond donors (Lipinski definition) is 0. The van der Waals surface area contributed by atoms with E-state index in [9.17, 15) is 26.1 Å². The molecule has 0 spiro atoms. The van der Waals surface area contributed by atoms with Crippen molar-refractivity contribution in [3.05, 3.63) is 18.2 Å². The van der Waals surface area contributed by atoms with E-state index in [0.29, 0.717) is 6.07 Å². The third-order valence-corrected chi connectivity index (χ3v) is 1.96. The average molecular weight is 312 g/mol. The van der Waals surface area contributed by atoms with Gasteiger partial charge in [0.2, 0.25) is 0 Å². The van der Waals surface area contributed by atoms with Crippen molar-refractivity contribution in [1.82, 2.24) is 0 Å². The Kier molecular flexibility index (Phi) is 7.25. The largest absolute Gasteiger partial charge is 1.00 e. The molecule has 0 fully saturated rings. The van der Waals surface area contributed by atoms with Gasteiger partial charge in [-0.05, 0) is 18.2 Å². The van der Waals surface area contributed by atoms with Gasteiger partial charge in [-0.3, -0.25) is 0 Å². The average Bonchev–Trinajstić information content (AvgIpc) is 2.24. The van der Waals surface area contributed by atoms with Crippen LogP contribution in [0.3, 0.4) is 0 Å². The number of ether oxygens (including phenoxy) is 2. The first-order valence-corrected chi connectivity index (χ1v) is 4.71. The quantitative estimate of drug-likeness (QED) is 0.561. The van der Waals surface area contributed by atoms with Gasteiger partial charge in [-0.25, -0.2) is 0 Å². The summed E-state index contributed by atoms with van der Waals surface area (Å²) in [4.78, 5) is 0. The molecule has 0 saturated heterocycles. The Bertz CT molecular complexity index is 420. The molecule has 0 aliphatic carbocycles. The fraction of sp³-hybridized carbons (Fsp3) is 0.333. The van der Waals surface area contributed by atoms with Crippen molar-refractivity contribution in [1.29, 1.82) is 0 Å². The van der Waals surface area contributed by atoms with E-state index in [0.717, 1.165) is 19.2 Å². The molecule has 0 radical (unpaired) electrons. The molecule has 10 heteroatoms. The van der Waals surface area contributed by atoms with Crippen LogP contribution in [0, 0.1) is 0 Å². The minimum atomic E-state index is -5.49. The van der Waals surface area contributed by atoms with Crippen LogP contribution in [0.2, 0.25) is 0 Å². The van der Waals surface area contributed by atoms with Crippen molar-refractivity contribution in [3.63, 3.8) is 0 Å². The molecule has 0 bridgehead atoms. The Morgan fingerprint density at radius 3 is 2.16 bits per heavy atom. The number of benzene rings is 1. The van der Waals surface area contributed by atoms with Crippen LogP contribution in [0.4, 0.5) is 26.1 Å². The van der Waals surface area contributed by atoms with Crippen LogP contribution in [0.5, 0.6) is 11.5 Å². The summed E-state index contributed by atoms with van der Waals surface area (Å²) in [6.45, 7) is -7.26. The second-order valence-corrected chi connectivity index (χ2v) is 3.38. The number of alkyl halides is 3. The third kappa shape index (κ3) is 6.39. The Morgan fingerprint density at radius 1 is 1.16 bits per heavy atom. The van der Waals surface area contributed by atoms with Gasteiger partial charge >= 0.3 is 64.5 Å². The van der Waals surface area contributed by atoms with Crippen molar-refractivity contribution in [3.8, 4) is 11.5 Å². The predicted molar refractivity (Wildman–Crippen MR) is 53.3 cm³/mol. The normalized spacial score (nSPS) is 11.7. The van der Waals surface area contributed by atoms with Gasteiger partial charge in [0.1, 0.15) is 5.75 Å². The SMILES string of the molecule is COc1ccc(OCC(F)(F)F)c([B-](F)(F)F)c1.[K+]. The topological polar surface area (TPSA) is 18.5 Å². The molecule has 1 aromatic rings. The van der Waals surface area contributed by atoms with Crippen molar-refractivity contribution >= 4 is 12.4 Å². The maximum Gasteiger partial charge on any atom is 1.00 e. The zero-order chi connectivity index (χ0) is 14.0. The van der Waals surface area contributed by atoms with E-state index in [2.05, 4.69) is 9.47 Å². The summed E-state index contributed by atoms with van der Waals surface area (Å²) in [7, 11) is 1.15. The van der Waals surface area contributed by atoms with E-state index in [1.807, 2.05) is 0 Å². The van der Waals surface area contributed by atoms with Crippen LogP contribution >= 0.6 is 0 Å². The van der Waals surface area contributed by atoms with Gasteiger partial charge < -0.3 is 22.4 Å². The standard InChI is InChI=1S/C9H8BF6O2.K/c1-17-6-2-3-8(18-5-9(11,12)13)7(4-6)10(14,15)16;/h2-4H,5H2,1H3;/q-1;+1. The molecule has 0 unspecified atom stereocenters. The summed E-state index contributed by atoms with van der Waals surface area (Å²) in [5, 5.41) is 0. The zero-order valence-electron chi connectivity index (χ0n) is 10.1. The summed E-state index contributed by atoms with van der Waals surface area (Å²) in [5.41, 5.74) is -1.25. The van der Waals surface area contributed by atoms with Gasteiger partial charge in [0.25, 0.3) is 0 Å². The fourth-order valence-corrected chi connectivity index (χ4v) is 1.20. The first-order chi connectivity index (χ1) is 8.13. The summed E-state index contributed by atoms with van der Waals surface area (Å²) in [6, 6.07) is 2.50. The summed E-state index contributed by atoms with van der Waals surface area (Å²) < 4.78 is 82.3. The fourth-order valence-electron chi connectivity index (χ4n) is 1.20. The molecule has 102 valence electrons. The minimum absolute atomic E-state index is 0. The van der Waals surface area contributed by atoms with Gasteiger partial charge in [0.15, 0.2) is 6.61 Å². The van der Waals surface area contributed by atoms with E-state index in [1.165, 1.54) is 0 Å². The first kappa shape index (κ1) is 19.1. The smallest absolute Gasteiger partial charge is 0.497 e. The third-order valence-electron chi connectivity index (χ3n) is 1.96. The maximum absolute atomic E-state index is 12.6. The van der Waals surface area contributed by atoms with Gasteiger partial charge in [-0.15, -0.1) is 0 Å². The molecule has 0 saturated carbocycles. The second-order valence-electron chi connectivity index (χ2n) is 3.38. The Balaban J connectivity index is 0.00000324. The number of halogens is 6. The summed E-state index contributed by atoms with van der Waals surface area (Å²) >= 11 is 0. The molecule has 0 aliphatic heterocycles. The molecule has 0 aliphatic rings. The molecule has 0 atom stereocenters. The zero-order valence-corrected chi connectivity index (χ0v) is 13.2. The molecule has 19 heavy (non-hydrogen) atoms. The van der Waals surface area contributed by atoms with Crippen LogP contribution in [-0.4, -0.2) is 26.9 Å². The molecule has 0 aromatic heterocycles. The van der Waals surface area contributed by atoms with Crippen molar-refractivity contribution in [2.45, 2.75) is 6.18 Å². The van der Waals surface area contributed by atoms with Crippen LogP contribution in [0.25, 0.3) is 0 Å². The predicted octanol–water partition coefficient (Wildman–Crippen LogP) is -0.305.